The molecule has 4 atom stereocenters. The number of aldehydes is 1. The van der Waals surface area contributed by atoms with Gasteiger partial charge < -0.3 is 4.79 Å². The van der Waals surface area contributed by atoms with E-state index in [9.17, 15) is 19.0 Å². The van der Waals surface area contributed by atoms with E-state index in [0.717, 1.165) is 22.5 Å². The molecule has 7 nitrogen and oxygen atoms in total. The average molecular weight is 551 g/mol. The summed E-state index contributed by atoms with van der Waals surface area (Å²) in [5.41, 5.74) is 2.22. The topological polar surface area (TPSA) is 81.2 Å². The summed E-state index contributed by atoms with van der Waals surface area (Å²) in [5, 5.41) is 11.7. The maximum atomic E-state index is 13.7. The number of anilines is 1. The first-order valence-corrected chi connectivity index (χ1v) is 13.4. The fourth-order valence-electron chi connectivity index (χ4n) is 4.57. The molecule has 1 fully saturated rings. The van der Waals surface area contributed by atoms with Crippen molar-refractivity contribution < 1.29 is 19.0 Å². The molecule has 3 rings (SSSR count). The average Bonchev–Trinajstić information content (AvgIpc) is 3.21. The lowest BCUT2D eigenvalue weighted by Gasteiger charge is -2.31. The molecule has 4 unspecified atom stereocenters. The number of aryl methyl sites for hydroxylation is 2. The fourth-order valence-corrected chi connectivity index (χ4v) is 6.80. The number of carbonyl (C=O) groups is 2. The highest BCUT2D eigenvalue weighted by Gasteiger charge is 2.43. The van der Waals surface area contributed by atoms with E-state index < -0.39 is 29.0 Å². The van der Waals surface area contributed by atoms with Crippen LogP contribution >= 0.6 is 15.9 Å². The van der Waals surface area contributed by atoms with Crippen molar-refractivity contribution in [2.75, 3.05) is 18.7 Å². The van der Waals surface area contributed by atoms with Crippen molar-refractivity contribution in [3.63, 3.8) is 0 Å². The third-order valence-corrected chi connectivity index (χ3v) is 9.05. The Kier molecular flexibility index (Phi) is 9.17. The molecular weight excluding hydrogens is 518 g/mol. The highest BCUT2D eigenvalue weighted by Crippen LogP contribution is 2.32. The zero-order valence-corrected chi connectivity index (χ0v) is 22.4. The van der Waals surface area contributed by atoms with Crippen LogP contribution < -0.4 is 5.06 Å². The third kappa shape index (κ3) is 5.33. The van der Waals surface area contributed by atoms with E-state index in [1.165, 1.54) is 0 Å². The van der Waals surface area contributed by atoms with Crippen LogP contribution in [0.3, 0.4) is 0 Å². The molecule has 0 bridgehead atoms. The van der Waals surface area contributed by atoms with Gasteiger partial charge in [0.15, 0.2) is 0 Å². The SMILES string of the molecule is CCc1cccc(C)c1N(O)C(=O)C1CC(N(C(C=O)CC)S(=O)c2ccccc2Br)CN1C. The number of amides is 1. The van der Waals surface area contributed by atoms with E-state index in [1.54, 1.807) is 10.4 Å². The van der Waals surface area contributed by atoms with Crippen LogP contribution in [0.5, 0.6) is 0 Å². The van der Waals surface area contributed by atoms with Gasteiger partial charge in [0.05, 0.1) is 22.7 Å². The number of rotatable bonds is 9. The number of benzene rings is 2. The Morgan fingerprint density at radius 3 is 2.59 bits per heavy atom. The smallest absolute Gasteiger partial charge is 0.268 e. The molecule has 1 aliphatic heterocycles. The van der Waals surface area contributed by atoms with Gasteiger partial charge in [-0.3, -0.25) is 14.9 Å². The highest BCUT2D eigenvalue weighted by atomic mass is 79.9. The first-order chi connectivity index (χ1) is 16.2. The lowest BCUT2D eigenvalue weighted by molar-refractivity contribution is -0.127. The van der Waals surface area contributed by atoms with Crippen LogP contribution in [-0.4, -0.2) is 62.5 Å². The van der Waals surface area contributed by atoms with Crippen molar-refractivity contribution in [3.8, 4) is 0 Å². The quantitative estimate of drug-likeness (QED) is 0.289. The molecule has 1 aliphatic rings. The Hall–Kier alpha value is -1.91. The van der Waals surface area contributed by atoms with E-state index in [2.05, 4.69) is 15.9 Å². The normalized spacial score (nSPS) is 20.3. The Labute approximate surface area is 212 Å². The molecule has 0 aromatic heterocycles. The van der Waals surface area contributed by atoms with Gasteiger partial charge in [-0.15, -0.1) is 0 Å². The second-order valence-corrected chi connectivity index (χ2v) is 10.8. The van der Waals surface area contributed by atoms with Gasteiger partial charge in [0, 0.05) is 17.1 Å². The first kappa shape index (κ1) is 26.7. The van der Waals surface area contributed by atoms with Crippen LogP contribution in [0.4, 0.5) is 5.69 Å². The number of hydrogen-bond acceptors (Lipinski definition) is 5. The molecule has 1 amide bonds. The number of nitrogens with zero attached hydrogens (tertiary/aromatic N) is 3. The maximum Gasteiger partial charge on any atom is 0.268 e. The van der Waals surface area contributed by atoms with Gasteiger partial charge in [-0.05, 0) is 72.4 Å². The number of carbonyl (C=O) groups excluding carboxylic acids is 2. The van der Waals surface area contributed by atoms with E-state index >= 15 is 0 Å². The molecule has 0 radical (unpaired) electrons. The van der Waals surface area contributed by atoms with Crippen LogP contribution in [0, 0.1) is 6.92 Å². The molecule has 9 heteroatoms. The van der Waals surface area contributed by atoms with Gasteiger partial charge >= 0.3 is 0 Å². The Bertz CT molecular complexity index is 1070. The molecule has 0 saturated carbocycles. The number of hydrogen-bond donors (Lipinski definition) is 1. The van der Waals surface area contributed by atoms with Crippen molar-refractivity contribution in [3.05, 3.63) is 58.1 Å². The van der Waals surface area contributed by atoms with Gasteiger partial charge in [0.2, 0.25) is 0 Å². The number of hydroxylamine groups is 1. The van der Waals surface area contributed by atoms with Gasteiger partial charge in [0.1, 0.15) is 17.3 Å². The maximum absolute atomic E-state index is 13.7. The summed E-state index contributed by atoms with van der Waals surface area (Å²) in [4.78, 5) is 27.8. The predicted molar refractivity (Wildman–Crippen MR) is 137 cm³/mol. The van der Waals surface area contributed by atoms with Crippen LogP contribution in [0.15, 0.2) is 51.8 Å². The summed E-state index contributed by atoms with van der Waals surface area (Å²) < 4.78 is 16.1. The summed E-state index contributed by atoms with van der Waals surface area (Å²) >= 11 is 3.47. The Morgan fingerprint density at radius 2 is 1.97 bits per heavy atom. The van der Waals surface area contributed by atoms with Gasteiger partial charge in [0.25, 0.3) is 5.91 Å². The Morgan fingerprint density at radius 1 is 1.26 bits per heavy atom. The molecule has 0 aliphatic carbocycles. The van der Waals surface area contributed by atoms with E-state index in [0.29, 0.717) is 40.9 Å². The summed E-state index contributed by atoms with van der Waals surface area (Å²) in [7, 11) is 0.206. The number of para-hydroxylation sites is 1. The molecule has 1 saturated heterocycles. The van der Waals surface area contributed by atoms with Crippen LogP contribution in [0.2, 0.25) is 0 Å². The van der Waals surface area contributed by atoms with Crippen molar-refractivity contribution in [2.24, 2.45) is 0 Å². The standard InChI is InChI=1S/C25H32BrN3O4S/c1-5-18-11-9-10-17(3)24(18)28(32)25(31)22-14-20(15-27(22)4)29(19(6-2)16-30)34(33)23-13-8-7-12-21(23)26/h7-13,16,19-20,22,32H,5-6,14-15H2,1-4H3. The summed E-state index contributed by atoms with van der Waals surface area (Å²) in [6.07, 6.45) is 2.35. The summed E-state index contributed by atoms with van der Waals surface area (Å²) in [6, 6.07) is 11.4. The van der Waals surface area contributed by atoms with Crippen molar-refractivity contribution in [2.45, 2.75) is 63.1 Å². The van der Waals surface area contributed by atoms with E-state index in [-0.39, 0.29) is 6.04 Å². The van der Waals surface area contributed by atoms with Crippen LogP contribution in [0.1, 0.15) is 37.8 Å². The molecule has 1 N–H and O–H groups in total. The minimum Gasteiger partial charge on any atom is -0.302 e. The molecule has 0 spiro atoms. The zero-order valence-electron chi connectivity index (χ0n) is 20.0. The van der Waals surface area contributed by atoms with Crippen LogP contribution in [0.25, 0.3) is 0 Å². The first-order valence-electron chi connectivity index (χ1n) is 11.5. The minimum absolute atomic E-state index is 0.307. The van der Waals surface area contributed by atoms with E-state index in [4.69, 9.17) is 0 Å². The molecule has 34 heavy (non-hydrogen) atoms. The predicted octanol–water partition coefficient (Wildman–Crippen LogP) is 4.12. The largest absolute Gasteiger partial charge is 0.302 e. The van der Waals surface area contributed by atoms with Crippen molar-refractivity contribution in [1.82, 2.24) is 9.21 Å². The van der Waals surface area contributed by atoms with Gasteiger partial charge in [-0.1, -0.05) is 44.2 Å². The molecule has 184 valence electrons. The van der Waals surface area contributed by atoms with Gasteiger partial charge in [-0.2, -0.15) is 5.06 Å². The minimum atomic E-state index is -1.61. The monoisotopic (exact) mass is 549 g/mol. The van der Waals surface area contributed by atoms with Gasteiger partial charge in [-0.25, -0.2) is 8.51 Å². The number of halogens is 1. The molecule has 2 aromatic rings. The number of likely N-dealkylation sites (N-methyl/N-ethyl adjacent to an activating group) is 1. The fraction of sp³-hybridized carbons (Fsp3) is 0.440. The molecule has 2 aromatic carbocycles. The lowest BCUT2D eigenvalue weighted by Crippen LogP contribution is -2.46. The third-order valence-electron chi connectivity index (χ3n) is 6.41. The summed E-state index contributed by atoms with van der Waals surface area (Å²) in [5.74, 6) is -0.431. The summed E-state index contributed by atoms with van der Waals surface area (Å²) in [6.45, 7) is 6.17. The Balaban J connectivity index is 1.90. The zero-order chi connectivity index (χ0) is 25.0. The van der Waals surface area contributed by atoms with Crippen LogP contribution in [-0.2, 0) is 27.0 Å². The second-order valence-electron chi connectivity index (χ2n) is 8.58. The number of likely N-dealkylation sites (tertiary alicyclic amines) is 1. The second kappa shape index (κ2) is 11.7. The molecular formula is C25H32BrN3O4S. The molecule has 1 heterocycles. The highest BCUT2D eigenvalue weighted by molar-refractivity contribution is 9.10. The van der Waals surface area contributed by atoms with Crippen molar-refractivity contribution >= 4 is 44.8 Å². The van der Waals surface area contributed by atoms with Crippen molar-refractivity contribution in [1.29, 1.82) is 0 Å². The van der Waals surface area contributed by atoms with E-state index in [1.807, 2.05) is 69.1 Å². The lowest BCUT2D eigenvalue weighted by atomic mass is 10.0.